The first-order valence-corrected chi connectivity index (χ1v) is 7.16. The molecule has 1 aliphatic heterocycles. The fraction of sp³-hybridized carbons (Fsp3) is 1.00. The Hall–Kier alpha value is -0.120. The molecule has 0 radical (unpaired) electrons. The summed E-state index contributed by atoms with van der Waals surface area (Å²) < 4.78 is 0. The summed E-state index contributed by atoms with van der Waals surface area (Å²) in [6, 6.07) is 0. The summed E-state index contributed by atoms with van der Waals surface area (Å²) in [5, 5.41) is 6.94. The third-order valence-electron chi connectivity index (χ3n) is 4.04. The van der Waals surface area contributed by atoms with Crippen LogP contribution in [0.3, 0.4) is 0 Å². The van der Waals surface area contributed by atoms with Gasteiger partial charge in [-0.15, -0.1) is 0 Å². The number of likely N-dealkylation sites (N-methyl/N-ethyl adjacent to an activating group) is 1. The third kappa shape index (κ3) is 5.36. The summed E-state index contributed by atoms with van der Waals surface area (Å²) in [4.78, 5) is 2.48. The van der Waals surface area contributed by atoms with Crippen LogP contribution in [0.15, 0.2) is 0 Å². The van der Waals surface area contributed by atoms with Gasteiger partial charge in [0.25, 0.3) is 0 Å². The second-order valence-corrected chi connectivity index (χ2v) is 6.12. The highest BCUT2D eigenvalue weighted by Crippen LogP contribution is 2.32. The van der Waals surface area contributed by atoms with Crippen molar-refractivity contribution in [2.75, 3.05) is 46.3 Å². The number of rotatable bonds is 7. The first-order valence-electron chi connectivity index (χ1n) is 7.16. The van der Waals surface area contributed by atoms with Gasteiger partial charge in [-0.05, 0) is 44.3 Å². The van der Waals surface area contributed by atoms with E-state index in [2.05, 4.69) is 43.4 Å². The standard InChI is InChI=1S/C14H31N3/c1-5-15-8-9-16-12-14(2,3)13-7-6-10-17(4)11-13/h13,15-16H,5-12H2,1-4H3. The molecule has 0 saturated carbocycles. The van der Waals surface area contributed by atoms with Crippen LogP contribution >= 0.6 is 0 Å². The van der Waals surface area contributed by atoms with E-state index in [1.165, 1.54) is 25.9 Å². The summed E-state index contributed by atoms with van der Waals surface area (Å²) in [7, 11) is 2.25. The zero-order valence-corrected chi connectivity index (χ0v) is 12.2. The highest BCUT2D eigenvalue weighted by molar-refractivity contribution is 4.85. The molecule has 1 unspecified atom stereocenters. The van der Waals surface area contributed by atoms with Crippen molar-refractivity contribution in [1.82, 2.24) is 15.5 Å². The van der Waals surface area contributed by atoms with Crippen molar-refractivity contribution in [2.24, 2.45) is 11.3 Å². The average Bonchev–Trinajstić information content (AvgIpc) is 2.29. The predicted molar refractivity (Wildman–Crippen MR) is 75.4 cm³/mol. The Bertz CT molecular complexity index is 204. The Labute approximate surface area is 107 Å². The van der Waals surface area contributed by atoms with Crippen molar-refractivity contribution in [3.05, 3.63) is 0 Å². The molecule has 102 valence electrons. The van der Waals surface area contributed by atoms with Gasteiger partial charge in [0.05, 0.1) is 0 Å². The summed E-state index contributed by atoms with van der Waals surface area (Å²) >= 11 is 0. The summed E-state index contributed by atoms with van der Waals surface area (Å²) in [5.41, 5.74) is 0.418. The lowest BCUT2D eigenvalue weighted by atomic mass is 9.74. The molecule has 1 fully saturated rings. The number of nitrogens with one attached hydrogen (secondary N) is 2. The molecule has 1 saturated heterocycles. The number of hydrogen-bond donors (Lipinski definition) is 2. The molecule has 0 aromatic carbocycles. The second kappa shape index (κ2) is 7.34. The van der Waals surface area contributed by atoms with E-state index in [0.717, 1.165) is 32.1 Å². The minimum atomic E-state index is 0.418. The summed E-state index contributed by atoms with van der Waals surface area (Å²) in [5.74, 6) is 0.841. The highest BCUT2D eigenvalue weighted by Gasteiger charge is 2.31. The average molecular weight is 241 g/mol. The molecule has 0 aromatic rings. The van der Waals surface area contributed by atoms with Crippen LogP contribution in [0.5, 0.6) is 0 Å². The zero-order chi connectivity index (χ0) is 12.7. The van der Waals surface area contributed by atoms with E-state index in [1.807, 2.05) is 0 Å². The molecule has 1 rings (SSSR count). The maximum atomic E-state index is 3.59. The van der Waals surface area contributed by atoms with Crippen LogP contribution in [0.1, 0.15) is 33.6 Å². The van der Waals surface area contributed by atoms with E-state index in [-0.39, 0.29) is 0 Å². The molecule has 3 nitrogen and oxygen atoms in total. The minimum Gasteiger partial charge on any atom is -0.316 e. The highest BCUT2D eigenvalue weighted by atomic mass is 15.1. The van der Waals surface area contributed by atoms with Gasteiger partial charge >= 0.3 is 0 Å². The largest absolute Gasteiger partial charge is 0.316 e. The van der Waals surface area contributed by atoms with Crippen molar-refractivity contribution >= 4 is 0 Å². The van der Waals surface area contributed by atoms with Crippen molar-refractivity contribution in [2.45, 2.75) is 33.6 Å². The lowest BCUT2D eigenvalue weighted by molar-refractivity contribution is 0.103. The molecule has 1 aliphatic rings. The fourth-order valence-electron chi connectivity index (χ4n) is 2.71. The van der Waals surface area contributed by atoms with Crippen molar-refractivity contribution in [3.63, 3.8) is 0 Å². The van der Waals surface area contributed by atoms with E-state index in [9.17, 15) is 0 Å². The molecule has 0 bridgehead atoms. The fourth-order valence-corrected chi connectivity index (χ4v) is 2.71. The Kier molecular flexibility index (Phi) is 6.45. The van der Waals surface area contributed by atoms with Crippen LogP contribution in [0.25, 0.3) is 0 Å². The van der Waals surface area contributed by atoms with Gasteiger partial charge in [0.15, 0.2) is 0 Å². The van der Waals surface area contributed by atoms with Crippen LogP contribution in [-0.4, -0.2) is 51.2 Å². The smallest absolute Gasteiger partial charge is 0.00769 e. The Balaban J connectivity index is 2.24. The van der Waals surface area contributed by atoms with Gasteiger partial charge in [-0.3, -0.25) is 0 Å². The van der Waals surface area contributed by atoms with Crippen molar-refractivity contribution < 1.29 is 0 Å². The van der Waals surface area contributed by atoms with Crippen LogP contribution in [0, 0.1) is 11.3 Å². The van der Waals surface area contributed by atoms with E-state index in [0.29, 0.717) is 5.41 Å². The normalized spacial score (nSPS) is 22.9. The summed E-state index contributed by atoms with van der Waals surface area (Å²) in [6.45, 7) is 13.9. The van der Waals surface area contributed by atoms with Crippen molar-refractivity contribution in [3.8, 4) is 0 Å². The molecule has 1 heterocycles. The SMILES string of the molecule is CCNCCNCC(C)(C)C1CCCN(C)C1. The number of nitrogens with zero attached hydrogens (tertiary/aromatic N) is 1. The van der Waals surface area contributed by atoms with Gasteiger partial charge in [0.2, 0.25) is 0 Å². The first kappa shape index (κ1) is 14.9. The quantitative estimate of drug-likeness (QED) is 0.662. The number of hydrogen-bond acceptors (Lipinski definition) is 3. The van der Waals surface area contributed by atoms with E-state index in [4.69, 9.17) is 0 Å². The molecule has 17 heavy (non-hydrogen) atoms. The maximum absolute atomic E-state index is 3.59. The van der Waals surface area contributed by atoms with Gasteiger partial charge in [0, 0.05) is 26.2 Å². The van der Waals surface area contributed by atoms with E-state index >= 15 is 0 Å². The monoisotopic (exact) mass is 241 g/mol. The number of piperidine rings is 1. The van der Waals surface area contributed by atoms with Gasteiger partial charge in [-0.25, -0.2) is 0 Å². The molecule has 2 N–H and O–H groups in total. The summed E-state index contributed by atoms with van der Waals surface area (Å²) in [6.07, 6.45) is 2.76. The Morgan fingerprint density at radius 2 is 1.94 bits per heavy atom. The zero-order valence-electron chi connectivity index (χ0n) is 12.2. The molecule has 0 spiro atoms. The van der Waals surface area contributed by atoms with Crippen molar-refractivity contribution in [1.29, 1.82) is 0 Å². The molecule has 0 aliphatic carbocycles. The third-order valence-corrected chi connectivity index (χ3v) is 4.04. The van der Waals surface area contributed by atoms with Gasteiger partial charge in [-0.1, -0.05) is 20.8 Å². The minimum absolute atomic E-state index is 0.418. The lowest BCUT2D eigenvalue weighted by Gasteiger charge is -2.40. The van der Waals surface area contributed by atoms with Gasteiger partial charge in [-0.2, -0.15) is 0 Å². The topological polar surface area (TPSA) is 27.3 Å². The molecular weight excluding hydrogens is 210 g/mol. The van der Waals surface area contributed by atoms with Crippen LogP contribution in [-0.2, 0) is 0 Å². The van der Waals surface area contributed by atoms with Crippen LogP contribution in [0.4, 0.5) is 0 Å². The van der Waals surface area contributed by atoms with Crippen LogP contribution < -0.4 is 10.6 Å². The number of likely N-dealkylation sites (tertiary alicyclic amines) is 1. The maximum Gasteiger partial charge on any atom is 0.00769 e. The first-order chi connectivity index (χ1) is 8.06. The molecule has 1 atom stereocenters. The molecule has 0 aromatic heterocycles. The van der Waals surface area contributed by atoms with E-state index in [1.54, 1.807) is 0 Å². The molecule has 3 heteroatoms. The molecular formula is C14H31N3. The Morgan fingerprint density at radius 3 is 2.59 bits per heavy atom. The van der Waals surface area contributed by atoms with Crippen LogP contribution in [0.2, 0.25) is 0 Å². The molecule has 0 amide bonds. The predicted octanol–water partition coefficient (Wildman–Crippen LogP) is 1.55. The van der Waals surface area contributed by atoms with E-state index < -0.39 is 0 Å². The van der Waals surface area contributed by atoms with Gasteiger partial charge in [0.1, 0.15) is 0 Å². The van der Waals surface area contributed by atoms with Gasteiger partial charge < -0.3 is 15.5 Å². The Morgan fingerprint density at radius 1 is 1.24 bits per heavy atom. The second-order valence-electron chi connectivity index (χ2n) is 6.12. The lowest BCUT2D eigenvalue weighted by Crippen LogP contribution is -2.44.